The number of nitrogens with zero attached hydrogens (tertiary/aromatic N) is 1. The van der Waals surface area contributed by atoms with Gasteiger partial charge in [-0.1, -0.05) is 65.7 Å². The van der Waals surface area contributed by atoms with E-state index in [4.69, 9.17) is 32.7 Å². The Morgan fingerprint density at radius 3 is 2.13 bits per heavy atom. The van der Waals surface area contributed by atoms with E-state index in [0.29, 0.717) is 39.9 Å². The van der Waals surface area contributed by atoms with E-state index in [2.05, 4.69) is 5.32 Å². The van der Waals surface area contributed by atoms with Gasteiger partial charge in [-0.3, -0.25) is 9.59 Å². The highest BCUT2D eigenvalue weighted by atomic mass is 35.5. The van der Waals surface area contributed by atoms with E-state index < -0.39 is 6.04 Å². The van der Waals surface area contributed by atoms with Crippen LogP contribution in [0.3, 0.4) is 0 Å². The topological polar surface area (TPSA) is 67.9 Å². The van der Waals surface area contributed by atoms with Gasteiger partial charge in [0.25, 0.3) is 0 Å². The molecule has 0 unspecified atom stereocenters. The molecule has 3 aromatic carbocycles. The average Bonchev–Trinajstić information content (AvgIpc) is 2.90. The predicted octanol–water partition coefficient (Wildman–Crippen LogP) is 6.11. The molecule has 0 saturated carbocycles. The summed E-state index contributed by atoms with van der Waals surface area (Å²) in [6, 6.07) is 19.6. The number of carbonyl (C=O) groups is 2. The van der Waals surface area contributed by atoms with Crippen LogP contribution in [0.2, 0.25) is 10.0 Å². The van der Waals surface area contributed by atoms with Gasteiger partial charge >= 0.3 is 0 Å². The van der Waals surface area contributed by atoms with Crippen molar-refractivity contribution in [2.24, 2.45) is 0 Å². The first-order valence-electron chi connectivity index (χ1n) is 12.5. The van der Waals surface area contributed by atoms with Crippen LogP contribution in [0.25, 0.3) is 0 Å². The molecule has 0 aliphatic rings. The molecule has 0 spiro atoms. The van der Waals surface area contributed by atoms with Gasteiger partial charge in [0, 0.05) is 41.0 Å². The first-order valence-corrected chi connectivity index (χ1v) is 13.3. The van der Waals surface area contributed by atoms with Crippen LogP contribution in [-0.4, -0.2) is 43.0 Å². The first-order chi connectivity index (χ1) is 18.2. The van der Waals surface area contributed by atoms with E-state index in [1.807, 2.05) is 62.4 Å². The molecule has 2 amide bonds. The van der Waals surface area contributed by atoms with E-state index in [1.165, 1.54) is 0 Å². The monoisotopic (exact) mass is 556 g/mol. The molecule has 0 bridgehead atoms. The van der Waals surface area contributed by atoms with Crippen LogP contribution in [0.15, 0.2) is 66.7 Å². The largest absolute Gasteiger partial charge is 0.493 e. The SMILES string of the molecule is COc1ccc(CCC(=O)N(Cc2c(Cl)cccc2Cl)[C@H](Cc2ccccc2)C(=O)NC(C)C)cc1OC. The molecule has 0 saturated heterocycles. The Labute approximate surface area is 234 Å². The molecule has 202 valence electrons. The third-order valence-corrected chi connectivity index (χ3v) is 6.88. The summed E-state index contributed by atoms with van der Waals surface area (Å²) in [4.78, 5) is 28.9. The first kappa shape index (κ1) is 29.3. The number of carbonyl (C=O) groups excluding carboxylic acids is 2. The number of nitrogens with one attached hydrogen (secondary N) is 1. The van der Waals surface area contributed by atoms with Crippen molar-refractivity contribution < 1.29 is 19.1 Å². The van der Waals surface area contributed by atoms with Gasteiger partial charge in [-0.25, -0.2) is 0 Å². The minimum atomic E-state index is -0.759. The van der Waals surface area contributed by atoms with Gasteiger partial charge in [0.05, 0.1) is 14.2 Å². The highest BCUT2D eigenvalue weighted by Gasteiger charge is 2.31. The Morgan fingerprint density at radius 2 is 1.53 bits per heavy atom. The van der Waals surface area contributed by atoms with E-state index in [1.54, 1.807) is 37.3 Å². The standard InChI is InChI=1S/C30H34Cl2N2O4/c1-20(2)33-30(36)26(17-21-9-6-5-7-10-21)34(19-23-24(31)11-8-12-25(23)32)29(35)16-14-22-13-15-27(37-3)28(18-22)38-4/h5-13,15,18,20,26H,14,16-17,19H2,1-4H3,(H,33,36)/t26-/m1/s1. The number of methoxy groups -OCH3 is 2. The minimum Gasteiger partial charge on any atom is -0.493 e. The zero-order valence-corrected chi connectivity index (χ0v) is 23.7. The Morgan fingerprint density at radius 1 is 0.868 bits per heavy atom. The number of halogens is 2. The highest BCUT2D eigenvalue weighted by molar-refractivity contribution is 6.36. The van der Waals surface area contributed by atoms with E-state index in [-0.39, 0.29) is 30.8 Å². The second kappa shape index (κ2) is 14.1. The summed E-state index contributed by atoms with van der Waals surface area (Å²) in [5.74, 6) is 0.795. The lowest BCUT2D eigenvalue weighted by atomic mass is 10.0. The van der Waals surface area contributed by atoms with Crippen LogP contribution in [0.5, 0.6) is 11.5 Å². The lowest BCUT2D eigenvalue weighted by Crippen LogP contribution is -2.51. The van der Waals surface area contributed by atoms with Crippen LogP contribution in [0.1, 0.15) is 37.0 Å². The molecular formula is C30H34Cl2N2O4. The van der Waals surface area contributed by atoms with Gasteiger partial charge in [-0.2, -0.15) is 0 Å². The Hall–Kier alpha value is -3.22. The van der Waals surface area contributed by atoms with Gasteiger partial charge in [-0.15, -0.1) is 0 Å². The van der Waals surface area contributed by atoms with Gasteiger partial charge in [0.1, 0.15) is 6.04 Å². The fraction of sp³-hybridized carbons (Fsp3) is 0.333. The van der Waals surface area contributed by atoms with Gasteiger partial charge in [0.15, 0.2) is 11.5 Å². The Balaban J connectivity index is 1.95. The summed E-state index contributed by atoms with van der Waals surface area (Å²) in [6.45, 7) is 3.89. The van der Waals surface area contributed by atoms with Crippen molar-refractivity contribution in [1.29, 1.82) is 0 Å². The summed E-state index contributed by atoms with van der Waals surface area (Å²) in [7, 11) is 3.15. The van der Waals surface area contributed by atoms with Crippen molar-refractivity contribution >= 4 is 35.0 Å². The van der Waals surface area contributed by atoms with E-state index in [9.17, 15) is 9.59 Å². The smallest absolute Gasteiger partial charge is 0.243 e. The number of hydrogen-bond acceptors (Lipinski definition) is 4. The molecular weight excluding hydrogens is 523 g/mol. The second-order valence-electron chi connectivity index (χ2n) is 9.28. The quantitative estimate of drug-likeness (QED) is 0.292. The molecule has 1 N–H and O–H groups in total. The number of benzene rings is 3. The average molecular weight is 558 g/mol. The van der Waals surface area contributed by atoms with Gasteiger partial charge in [0.2, 0.25) is 11.8 Å². The molecule has 6 nitrogen and oxygen atoms in total. The summed E-state index contributed by atoms with van der Waals surface area (Å²) < 4.78 is 10.7. The predicted molar refractivity (Wildman–Crippen MR) is 152 cm³/mol. The molecule has 38 heavy (non-hydrogen) atoms. The summed E-state index contributed by atoms with van der Waals surface area (Å²) in [5.41, 5.74) is 2.46. The van der Waals surface area contributed by atoms with Crippen LogP contribution >= 0.6 is 23.2 Å². The summed E-state index contributed by atoms with van der Waals surface area (Å²) >= 11 is 13.0. The molecule has 0 aromatic heterocycles. The van der Waals surface area contributed by atoms with Crippen LogP contribution in [0.4, 0.5) is 0 Å². The lowest BCUT2D eigenvalue weighted by Gasteiger charge is -2.32. The normalized spacial score (nSPS) is 11.7. The lowest BCUT2D eigenvalue weighted by molar-refractivity contribution is -0.141. The molecule has 0 aliphatic carbocycles. The fourth-order valence-electron chi connectivity index (χ4n) is 4.22. The molecule has 0 heterocycles. The molecule has 0 fully saturated rings. The van der Waals surface area contributed by atoms with Crippen molar-refractivity contribution in [2.75, 3.05) is 14.2 Å². The van der Waals surface area contributed by atoms with Crippen molar-refractivity contribution in [3.63, 3.8) is 0 Å². The third kappa shape index (κ3) is 7.89. The van der Waals surface area contributed by atoms with Crippen LogP contribution < -0.4 is 14.8 Å². The summed E-state index contributed by atoms with van der Waals surface area (Å²) in [6.07, 6.45) is 0.983. The minimum absolute atomic E-state index is 0.0895. The maximum atomic E-state index is 13.8. The molecule has 3 rings (SSSR count). The number of amides is 2. The van der Waals surface area contributed by atoms with Crippen molar-refractivity contribution in [3.05, 3.63) is 93.5 Å². The zero-order valence-electron chi connectivity index (χ0n) is 22.2. The summed E-state index contributed by atoms with van der Waals surface area (Å²) in [5, 5.41) is 3.87. The zero-order chi connectivity index (χ0) is 27.7. The van der Waals surface area contributed by atoms with Crippen molar-refractivity contribution in [3.8, 4) is 11.5 Å². The highest BCUT2D eigenvalue weighted by Crippen LogP contribution is 2.30. The number of rotatable bonds is 12. The molecule has 1 atom stereocenters. The molecule has 0 radical (unpaired) electrons. The molecule has 0 aliphatic heterocycles. The molecule has 8 heteroatoms. The van der Waals surface area contributed by atoms with Gasteiger partial charge < -0.3 is 19.7 Å². The van der Waals surface area contributed by atoms with Crippen molar-refractivity contribution in [2.45, 2.75) is 51.7 Å². The maximum Gasteiger partial charge on any atom is 0.243 e. The van der Waals surface area contributed by atoms with Crippen LogP contribution in [-0.2, 0) is 29.0 Å². The Bertz CT molecular complexity index is 1210. The van der Waals surface area contributed by atoms with Crippen LogP contribution in [0, 0.1) is 0 Å². The number of aryl methyl sites for hydroxylation is 1. The second-order valence-corrected chi connectivity index (χ2v) is 10.1. The number of ether oxygens (including phenoxy) is 2. The third-order valence-electron chi connectivity index (χ3n) is 6.17. The number of hydrogen-bond donors (Lipinski definition) is 1. The van der Waals surface area contributed by atoms with Gasteiger partial charge in [-0.05, 0) is 55.7 Å². The van der Waals surface area contributed by atoms with E-state index in [0.717, 1.165) is 11.1 Å². The maximum absolute atomic E-state index is 13.8. The Kier molecular flexibility index (Phi) is 10.9. The van der Waals surface area contributed by atoms with E-state index >= 15 is 0 Å². The molecule has 3 aromatic rings. The van der Waals surface area contributed by atoms with Crippen molar-refractivity contribution in [1.82, 2.24) is 10.2 Å². The fourth-order valence-corrected chi connectivity index (χ4v) is 4.74.